The number of halogens is 1. The highest BCUT2D eigenvalue weighted by Gasteiger charge is 2.40. The Balaban J connectivity index is 2.26. The minimum absolute atomic E-state index is 0.0815. The number of aromatic nitrogens is 1. The molecular formula is C14H17FN2O4. The zero-order chi connectivity index (χ0) is 15.4. The Morgan fingerprint density at radius 3 is 2.90 bits per heavy atom. The van der Waals surface area contributed by atoms with Gasteiger partial charge in [-0.25, -0.2) is 4.98 Å². The van der Waals surface area contributed by atoms with Gasteiger partial charge >= 0.3 is 5.97 Å². The molecule has 2 rings (SSSR count). The molecule has 0 aliphatic carbocycles. The molecule has 2 heterocycles. The van der Waals surface area contributed by atoms with Crippen molar-refractivity contribution in [2.75, 3.05) is 19.8 Å². The molecule has 1 aliphatic rings. The van der Waals surface area contributed by atoms with E-state index in [0.29, 0.717) is 13.0 Å². The van der Waals surface area contributed by atoms with Crippen LogP contribution in [-0.4, -0.2) is 52.7 Å². The fraction of sp³-hybridized carbons (Fsp3) is 0.500. The third-order valence-electron chi connectivity index (χ3n) is 3.47. The van der Waals surface area contributed by atoms with E-state index in [1.54, 1.807) is 0 Å². The van der Waals surface area contributed by atoms with E-state index in [4.69, 9.17) is 4.74 Å². The lowest BCUT2D eigenvalue weighted by Gasteiger charge is -2.30. The van der Waals surface area contributed by atoms with Crippen molar-refractivity contribution in [1.82, 2.24) is 9.88 Å². The number of aliphatic carboxylic acids is 1. The largest absolute Gasteiger partial charge is 0.481 e. The summed E-state index contributed by atoms with van der Waals surface area (Å²) >= 11 is 0. The van der Waals surface area contributed by atoms with Crippen LogP contribution in [0.25, 0.3) is 0 Å². The third kappa shape index (κ3) is 3.36. The van der Waals surface area contributed by atoms with Crippen LogP contribution >= 0.6 is 0 Å². The maximum atomic E-state index is 13.2. The molecule has 2 atom stereocenters. The van der Waals surface area contributed by atoms with Crippen LogP contribution < -0.4 is 0 Å². The normalized spacial score (nSPS) is 21.2. The fourth-order valence-corrected chi connectivity index (χ4v) is 2.45. The molecule has 7 heteroatoms. The second kappa shape index (κ2) is 6.62. The average molecular weight is 296 g/mol. The number of ether oxygens (including phenoxy) is 1. The summed E-state index contributed by atoms with van der Waals surface area (Å²) in [4.78, 5) is 28.6. The monoisotopic (exact) mass is 296 g/mol. The summed E-state index contributed by atoms with van der Waals surface area (Å²) in [6.07, 6.45) is 1.88. The topological polar surface area (TPSA) is 79.7 Å². The Kier molecular flexibility index (Phi) is 4.85. The second-order valence-electron chi connectivity index (χ2n) is 4.92. The number of carbonyl (C=O) groups excluding carboxylic acids is 1. The van der Waals surface area contributed by atoms with E-state index in [2.05, 4.69) is 4.98 Å². The summed E-state index contributed by atoms with van der Waals surface area (Å²) in [5, 5.41) is 9.21. The highest BCUT2D eigenvalue weighted by atomic mass is 19.1. The molecule has 1 aliphatic heterocycles. The number of carboxylic acid groups (broad SMARTS) is 1. The first kappa shape index (κ1) is 15.4. The molecule has 0 radical (unpaired) electrons. The molecular weight excluding hydrogens is 279 g/mol. The summed E-state index contributed by atoms with van der Waals surface area (Å²) in [7, 11) is 0. The number of carboxylic acids is 1. The van der Waals surface area contributed by atoms with Crippen molar-refractivity contribution in [2.24, 2.45) is 5.92 Å². The van der Waals surface area contributed by atoms with Crippen LogP contribution in [0.3, 0.4) is 0 Å². The van der Waals surface area contributed by atoms with Gasteiger partial charge in [-0.2, -0.15) is 4.39 Å². The number of hydrogen-bond donors (Lipinski definition) is 1. The van der Waals surface area contributed by atoms with Crippen LogP contribution in [0.15, 0.2) is 18.3 Å². The standard InChI is InChI=1S/C14H17FN2O4/c1-2-5-17(11-8-21-7-10(11)14(19)20)13(18)9-3-4-16-12(15)6-9/h3-4,6,10-11H,2,5,7-8H2,1H3,(H,19,20). The molecule has 0 spiro atoms. The van der Waals surface area contributed by atoms with E-state index in [1.165, 1.54) is 17.2 Å². The predicted octanol–water partition coefficient (Wildman–Crippen LogP) is 1.17. The second-order valence-corrected chi connectivity index (χ2v) is 4.92. The number of carbonyl (C=O) groups is 2. The zero-order valence-electron chi connectivity index (χ0n) is 11.7. The lowest BCUT2D eigenvalue weighted by atomic mass is 10.0. The van der Waals surface area contributed by atoms with Crippen molar-refractivity contribution in [1.29, 1.82) is 0 Å². The molecule has 21 heavy (non-hydrogen) atoms. The maximum Gasteiger partial charge on any atom is 0.311 e. The van der Waals surface area contributed by atoms with Gasteiger partial charge in [-0.3, -0.25) is 9.59 Å². The van der Waals surface area contributed by atoms with Crippen LogP contribution in [-0.2, 0) is 9.53 Å². The molecule has 1 amide bonds. The molecule has 0 saturated carbocycles. The maximum absolute atomic E-state index is 13.2. The summed E-state index contributed by atoms with van der Waals surface area (Å²) < 4.78 is 18.4. The van der Waals surface area contributed by atoms with Crippen molar-refractivity contribution in [3.8, 4) is 0 Å². The molecule has 1 aromatic rings. The SMILES string of the molecule is CCCN(C(=O)c1ccnc(F)c1)C1COCC1C(=O)O. The van der Waals surface area contributed by atoms with E-state index >= 15 is 0 Å². The average Bonchev–Trinajstić information content (AvgIpc) is 2.93. The minimum atomic E-state index is -0.993. The van der Waals surface area contributed by atoms with Gasteiger partial charge in [0.25, 0.3) is 5.91 Å². The third-order valence-corrected chi connectivity index (χ3v) is 3.47. The van der Waals surface area contributed by atoms with Crippen molar-refractivity contribution in [3.63, 3.8) is 0 Å². The summed E-state index contributed by atoms with van der Waals surface area (Å²) in [6, 6.07) is 1.93. The molecule has 1 fully saturated rings. The first-order valence-electron chi connectivity index (χ1n) is 6.77. The smallest absolute Gasteiger partial charge is 0.311 e. The van der Waals surface area contributed by atoms with Gasteiger partial charge in [0.15, 0.2) is 0 Å². The first-order valence-corrected chi connectivity index (χ1v) is 6.77. The number of hydrogen-bond acceptors (Lipinski definition) is 4. The quantitative estimate of drug-likeness (QED) is 0.825. The zero-order valence-corrected chi connectivity index (χ0v) is 11.7. The van der Waals surface area contributed by atoms with E-state index in [1.807, 2.05) is 6.92 Å². The van der Waals surface area contributed by atoms with Crippen LogP contribution in [0.5, 0.6) is 0 Å². The van der Waals surface area contributed by atoms with Crippen LogP contribution in [0, 0.1) is 11.9 Å². The van der Waals surface area contributed by atoms with E-state index in [-0.39, 0.29) is 18.8 Å². The lowest BCUT2D eigenvalue weighted by Crippen LogP contribution is -2.47. The number of nitrogens with zero attached hydrogens (tertiary/aromatic N) is 2. The van der Waals surface area contributed by atoms with Crippen LogP contribution in [0.4, 0.5) is 4.39 Å². The summed E-state index contributed by atoms with van der Waals surface area (Å²) in [5.41, 5.74) is 0.159. The van der Waals surface area contributed by atoms with Gasteiger partial charge in [-0.05, 0) is 12.5 Å². The first-order chi connectivity index (χ1) is 10.0. The van der Waals surface area contributed by atoms with Gasteiger partial charge in [0.2, 0.25) is 5.95 Å². The molecule has 1 aromatic heterocycles. The van der Waals surface area contributed by atoms with Gasteiger partial charge in [0, 0.05) is 24.4 Å². The Bertz CT molecular complexity index is 537. The molecule has 1 N–H and O–H groups in total. The molecule has 2 unspecified atom stereocenters. The van der Waals surface area contributed by atoms with Crippen molar-refractivity contribution in [2.45, 2.75) is 19.4 Å². The predicted molar refractivity (Wildman–Crippen MR) is 71.3 cm³/mol. The van der Waals surface area contributed by atoms with E-state index in [9.17, 15) is 19.1 Å². The molecule has 6 nitrogen and oxygen atoms in total. The molecule has 1 saturated heterocycles. The van der Waals surface area contributed by atoms with Gasteiger partial charge in [-0.15, -0.1) is 0 Å². The highest BCUT2D eigenvalue weighted by Crippen LogP contribution is 2.22. The van der Waals surface area contributed by atoms with Crippen LogP contribution in [0.2, 0.25) is 0 Å². The Morgan fingerprint density at radius 2 is 2.29 bits per heavy atom. The van der Waals surface area contributed by atoms with E-state index in [0.717, 1.165) is 6.07 Å². The molecule has 0 aromatic carbocycles. The van der Waals surface area contributed by atoms with Crippen molar-refractivity contribution < 1.29 is 23.8 Å². The van der Waals surface area contributed by atoms with Gasteiger partial charge in [-0.1, -0.05) is 6.92 Å². The van der Waals surface area contributed by atoms with Gasteiger partial charge < -0.3 is 14.7 Å². The van der Waals surface area contributed by atoms with Crippen molar-refractivity contribution in [3.05, 3.63) is 29.8 Å². The van der Waals surface area contributed by atoms with E-state index < -0.39 is 29.8 Å². The highest BCUT2D eigenvalue weighted by molar-refractivity contribution is 5.94. The minimum Gasteiger partial charge on any atom is -0.481 e. The lowest BCUT2D eigenvalue weighted by molar-refractivity contribution is -0.142. The van der Waals surface area contributed by atoms with Crippen LogP contribution in [0.1, 0.15) is 23.7 Å². The van der Waals surface area contributed by atoms with Gasteiger partial charge in [0.1, 0.15) is 5.92 Å². The fourth-order valence-electron chi connectivity index (χ4n) is 2.45. The summed E-state index contributed by atoms with van der Waals surface area (Å²) in [6.45, 7) is 2.54. The molecule has 114 valence electrons. The summed E-state index contributed by atoms with van der Waals surface area (Å²) in [5.74, 6) is -2.89. The molecule has 0 bridgehead atoms. The Morgan fingerprint density at radius 1 is 1.52 bits per heavy atom. The van der Waals surface area contributed by atoms with Gasteiger partial charge in [0.05, 0.1) is 19.3 Å². The van der Waals surface area contributed by atoms with Crippen molar-refractivity contribution >= 4 is 11.9 Å². The number of amides is 1. The number of pyridine rings is 1. The Labute approximate surface area is 121 Å². The Hall–Kier alpha value is -2.02. The number of rotatable bonds is 5.